The second-order valence-electron chi connectivity index (χ2n) is 5.46. The Kier molecular flexibility index (Phi) is 7.44. The van der Waals surface area contributed by atoms with Gasteiger partial charge in [-0.05, 0) is 42.8 Å². The largest absolute Gasteiger partial charge is 0.465 e. The number of benzene rings is 2. The van der Waals surface area contributed by atoms with Crippen LogP contribution in [0.2, 0.25) is 5.02 Å². The van der Waals surface area contributed by atoms with Crippen LogP contribution in [0.25, 0.3) is 0 Å². The second kappa shape index (κ2) is 9.81. The summed E-state index contributed by atoms with van der Waals surface area (Å²) in [4.78, 5) is 23.7. The molecule has 0 saturated carbocycles. The molecular formula is C19H21ClN2O3. The molecule has 0 atom stereocenters. The lowest BCUT2D eigenvalue weighted by atomic mass is 10.1. The van der Waals surface area contributed by atoms with Gasteiger partial charge in [-0.3, -0.25) is 4.79 Å². The summed E-state index contributed by atoms with van der Waals surface area (Å²) in [6, 6.07) is 14.5. The Labute approximate surface area is 152 Å². The zero-order valence-electron chi connectivity index (χ0n) is 14.0. The molecule has 0 unspecified atom stereocenters. The molecule has 1 amide bonds. The van der Waals surface area contributed by atoms with Gasteiger partial charge in [0.1, 0.15) is 0 Å². The highest BCUT2D eigenvalue weighted by Crippen LogP contribution is 2.16. The summed E-state index contributed by atoms with van der Waals surface area (Å²) in [5.41, 5.74) is 1.99. The molecule has 0 spiro atoms. The third-order valence-electron chi connectivity index (χ3n) is 3.64. The summed E-state index contributed by atoms with van der Waals surface area (Å²) in [6.07, 6.45) is 1.18. The van der Waals surface area contributed by atoms with Gasteiger partial charge in [0.05, 0.1) is 18.4 Å². The quantitative estimate of drug-likeness (QED) is 0.560. The Morgan fingerprint density at radius 1 is 1.04 bits per heavy atom. The molecule has 2 rings (SSSR count). The van der Waals surface area contributed by atoms with Crippen molar-refractivity contribution in [3.8, 4) is 0 Å². The number of hydrogen-bond donors (Lipinski definition) is 2. The highest BCUT2D eigenvalue weighted by atomic mass is 35.5. The van der Waals surface area contributed by atoms with Crippen LogP contribution in [0.3, 0.4) is 0 Å². The number of rotatable bonds is 8. The van der Waals surface area contributed by atoms with E-state index in [1.165, 1.54) is 12.7 Å². The van der Waals surface area contributed by atoms with Crippen LogP contribution in [0.1, 0.15) is 22.3 Å². The minimum Gasteiger partial charge on any atom is -0.465 e. The Bertz CT molecular complexity index is 717. The average Bonchev–Trinajstić information content (AvgIpc) is 2.63. The van der Waals surface area contributed by atoms with Gasteiger partial charge in [0.2, 0.25) is 5.91 Å². The first kappa shape index (κ1) is 19.0. The maximum Gasteiger partial charge on any atom is 0.339 e. The normalized spacial score (nSPS) is 10.3. The van der Waals surface area contributed by atoms with Gasteiger partial charge in [-0.1, -0.05) is 35.9 Å². The van der Waals surface area contributed by atoms with E-state index >= 15 is 0 Å². The first-order valence-electron chi connectivity index (χ1n) is 8.02. The number of anilines is 1. The van der Waals surface area contributed by atoms with Crippen LogP contribution in [0.4, 0.5) is 5.69 Å². The van der Waals surface area contributed by atoms with Crippen molar-refractivity contribution in [3.63, 3.8) is 0 Å². The molecule has 0 fully saturated rings. The highest BCUT2D eigenvalue weighted by Gasteiger charge is 2.12. The van der Waals surface area contributed by atoms with Crippen molar-refractivity contribution in [3.05, 3.63) is 64.7 Å². The van der Waals surface area contributed by atoms with E-state index in [0.717, 1.165) is 18.0 Å². The van der Waals surface area contributed by atoms with E-state index < -0.39 is 5.97 Å². The van der Waals surface area contributed by atoms with E-state index in [4.69, 9.17) is 16.3 Å². The van der Waals surface area contributed by atoms with Crippen LogP contribution in [-0.2, 0) is 16.0 Å². The summed E-state index contributed by atoms with van der Waals surface area (Å²) in [7, 11) is 1.31. The molecule has 0 radical (unpaired) electrons. The van der Waals surface area contributed by atoms with Crippen LogP contribution in [0.5, 0.6) is 0 Å². The van der Waals surface area contributed by atoms with Crippen molar-refractivity contribution in [2.45, 2.75) is 12.8 Å². The van der Waals surface area contributed by atoms with Crippen LogP contribution in [0.15, 0.2) is 48.5 Å². The summed E-state index contributed by atoms with van der Waals surface area (Å²) in [6.45, 7) is 1.33. The molecule has 0 bridgehead atoms. The first-order chi connectivity index (χ1) is 12.1. The van der Waals surface area contributed by atoms with Gasteiger partial charge in [0.15, 0.2) is 0 Å². The smallest absolute Gasteiger partial charge is 0.339 e. The van der Waals surface area contributed by atoms with Crippen LogP contribution in [0, 0.1) is 0 Å². The van der Waals surface area contributed by atoms with Crippen molar-refractivity contribution in [1.82, 2.24) is 5.32 Å². The van der Waals surface area contributed by atoms with Crippen molar-refractivity contribution >= 4 is 29.2 Å². The molecule has 2 aromatic carbocycles. The number of carbonyl (C=O) groups is 2. The molecule has 0 aliphatic carbocycles. The molecule has 0 saturated heterocycles. The van der Waals surface area contributed by atoms with Gasteiger partial charge in [-0.25, -0.2) is 4.79 Å². The minimum absolute atomic E-state index is 0.157. The Morgan fingerprint density at radius 2 is 1.76 bits per heavy atom. The number of ether oxygens (including phenoxy) is 1. The van der Waals surface area contributed by atoms with Gasteiger partial charge >= 0.3 is 5.97 Å². The highest BCUT2D eigenvalue weighted by molar-refractivity contribution is 6.30. The Hall–Kier alpha value is -2.37. The van der Waals surface area contributed by atoms with E-state index in [0.29, 0.717) is 24.2 Å². The summed E-state index contributed by atoms with van der Waals surface area (Å²) >= 11 is 5.85. The number of halogens is 1. The van der Waals surface area contributed by atoms with E-state index in [9.17, 15) is 9.59 Å². The molecule has 0 heterocycles. The lowest BCUT2D eigenvalue weighted by molar-refractivity contribution is -0.116. The topological polar surface area (TPSA) is 67.4 Å². The van der Waals surface area contributed by atoms with E-state index in [-0.39, 0.29) is 5.91 Å². The first-order valence-corrected chi connectivity index (χ1v) is 8.40. The third-order valence-corrected chi connectivity index (χ3v) is 3.89. The molecule has 2 N–H and O–H groups in total. The van der Waals surface area contributed by atoms with Crippen LogP contribution >= 0.6 is 11.6 Å². The number of amides is 1. The molecule has 132 valence electrons. The lowest BCUT2D eigenvalue weighted by Gasteiger charge is -2.10. The van der Waals surface area contributed by atoms with E-state index in [2.05, 4.69) is 10.6 Å². The van der Waals surface area contributed by atoms with Gasteiger partial charge < -0.3 is 15.4 Å². The maximum absolute atomic E-state index is 12.0. The maximum atomic E-state index is 12.0. The number of carbonyl (C=O) groups excluding carboxylic acids is 2. The third kappa shape index (κ3) is 6.21. The van der Waals surface area contributed by atoms with Crippen molar-refractivity contribution in [1.29, 1.82) is 0 Å². The van der Waals surface area contributed by atoms with Gasteiger partial charge in [-0.2, -0.15) is 0 Å². The summed E-state index contributed by atoms with van der Waals surface area (Å²) < 4.78 is 4.71. The zero-order valence-corrected chi connectivity index (χ0v) is 14.8. The van der Waals surface area contributed by atoms with E-state index in [1.807, 2.05) is 24.3 Å². The minimum atomic E-state index is -0.475. The molecule has 0 aromatic heterocycles. The van der Waals surface area contributed by atoms with Crippen molar-refractivity contribution < 1.29 is 14.3 Å². The number of methoxy groups -OCH3 is 1. The fourth-order valence-corrected chi connectivity index (χ4v) is 2.43. The van der Waals surface area contributed by atoms with E-state index in [1.54, 1.807) is 24.3 Å². The monoisotopic (exact) mass is 360 g/mol. The molecule has 0 aliphatic heterocycles. The fraction of sp³-hybridized carbons (Fsp3) is 0.263. The van der Waals surface area contributed by atoms with Crippen LogP contribution in [-0.4, -0.2) is 32.1 Å². The van der Waals surface area contributed by atoms with Gasteiger partial charge in [0, 0.05) is 18.0 Å². The predicted octanol–water partition coefficient (Wildman–Crippen LogP) is 3.29. The van der Waals surface area contributed by atoms with Gasteiger partial charge in [0.25, 0.3) is 0 Å². The van der Waals surface area contributed by atoms with Crippen molar-refractivity contribution in [2.75, 3.05) is 25.5 Å². The number of nitrogens with one attached hydrogen (secondary N) is 2. The molecule has 2 aromatic rings. The molecule has 0 aliphatic rings. The average molecular weight is 361 g/mol. The molecule has 6 heteroatoms. The van der Waals surface area contributed by atoms with Crippen molar-refractivity contribution in [2.24, 2.45) is 0 Å². The lowest BCUT2D eigenvalue weighted by Crippen LogP contribution is -2.24. The molecule has 25 heavy (non-hydrogen) atoms. The predicted molar refractivity (Wildman–Crippen MR) is 99.1 cm³/mol. The second-order valence-corrected chi connectivity index (χ2v) is 5.90. The molecule has 5 nitrogen and oxygen atoms in total. The SMILES string of the molecule is COC(=O)c1ccccc1NC(=O)CCNCCc1ccc(Cl)cc1. The fourth-order valence-electron chi connectivity index (χ4n) is 2.30. The van der Waals surface area contributed by atoms with Gasteiger partial charge in [-0.15, -0.1) is 0 Å². The molecular weight excluding hydrogens is 340 g/mol. The number of para-hydroxylation sites is 1. The van der Waals surface area contributed by atoms with Crippen LogP contribution < -0.4 is 10.6 Å². The summed E-state index contributed by atoms with van der Waals surface area (Å²) in [5, 5.41) is 6.70. The number of esters is 1. The number of hydrogen-bond acceptors (Lipinski definition) is 4. The zero-order chi connectivity index (χ0) is 18.1. The summed E-state index contributed by atoms with van der Waals surface area (Å²) in [5.74, 6) is -0.632. The Morgan fingerprint density at radius 3 is 2.48 bits per heavy atom. The standard InChI is InChI=1S/C19H21ClN2O3/c1-25-19(24)16-4-2-3-5-17(16)22-18(23)11-13-21-12-10-14-6-8-15(20)9-7-14/h2-9,21H,10-13H2,1H3,(H,22,23). The Balaban J connectivity index is 1.72.